The molecule has 2 heterocycles. The van der Waals surface area contributed by atoms with Gasteiger partial charge in [0.2, 0.25) is 5.82 Å². The standard InChI is InChI=1S/C27H24ClF4N5O2/c1-14(16-3-2-4-16)33-22-21-23(35-24(34-22)26(38)39)36-25(17-7-10-20(28)18(11-17)12-29)37(21)13-15-5-8-19(9-6-15)27(30,31)32/h5-11,14,16H,2-4,12-13H2,1H3,(H,38,39)(H,33,34,35)/t14-/m1/s1. The summed E-state index contributed by atoms with van der Waals surface area (Å²) in [5, 5.41) is 13.2. The molecule has 0 amide bonds. The van der Waals surface area contributed by atoms with E-state index in [2.05, 4.69) is 20.3 Å². The molecule has 2 N–H and O–H groups in total. The Labute approximate surface area is 225 Å². The average Bonchev–Trinajstić information content (AvgIpc) is 3.21. The molecule has 4 aromatic rings. The monoisotopic (exact) mass is 561 g/mol. The number of carboxylic acids is 1. The minimum atomic E-state index is -4.48. The molecular weight excluding hydrogens is 538 g/mol. The first-order valence-corrected chi connectivity index (χ1v) is 12.7. The maximum atomic E-state index is 13.6. The van der Waals surface area contributed by atoms with Crippen molar-refractivity contribution in [1.29, 1.82) is 0 Å². The Morgan fingerprint density at radius 1 is 1.15 bits per heavy atom. The van der Waals surface area contributed by atoms with Crippen LogP contribution in [0.4, 0.5) is 23.4 Å². The second-order valence-electron chi connectivity index (χ2n) is 9.65. The lowest BCUT2D eigenvalue weighted by Crippen LogP contribution is -2.31. The van der Waals surface area contributed by atoms with Gasteiger partial charge in [-0.25, -0.2) is 24.1 Å². The molecule has 0 unspecified atom stereocenters. The van der Waals surface area contributed by atoms with E-state index in [9.17, 15) is 27.5 Å². The van der Waals surface area contributed by atoms with Crippen molar-refractivity contribution in [2.45, 2.75) is 51.6 Å². The van der Waals surface area contributed by atoms with Crippen LogP contribution in [-0.2, 0) is 19.4 Å². The van der Waals surface area contributed by atoms with Crippen LogP contribution in [0.2, 0.25) is 5.02 Å². The number of carboxylic acid groups (broad SMARTS) is 1. The first kappa shape index (κ1) is 26.9. The van der Waals surface area contributed by atoms with E-state index < -0.39 is 30.2 Å². The maximum Gasteiger partial charge on any atom is 0.416 e. The molecule has 0 radical (unpaired) electrons. The third-order valence-corrected chi connectivity index (χ3v) is 7.45. The summed E-state index contributed by atoms with van der Waals surface area (Å²) in [4.78, 5) is 24.8. The molecule has 1 fully saturated rings. The summed E-state index contributed by atoms with van der Waals surface area (Å²) in [5.41, 5.74) is 0.937. The molecular formula is C27H24ClF4N5O2. The lowest BCUT2D eigenvalue weighted by molar-refractivity contribution is -0.137. The fraction of sp³-hybridized carbons (Fsp3) is 0.333. The van der Waals surface area contributed by atoms with Crippen LogP contribution in [0.5, 0.6) is 0 Å². The first-order chi connectivity index (χ1) is 18.5. The normalized spacial score (nSPS) is 14.8. The number of nitrogens with zero attached hydrogens (tertiary/aromatic N) is 4. The van der Waals surface area contributed by atoms with Crippen molar-refractivity contribution in [3.8, 4) is 11.4 Å². The molecule has 1 aliphatic rings. The van der Waals surface area contributed by atoms with Crippen LogP contribution in [0.3, 0.4) is 0 Å². The van der Waals surface area contributed by atoms with Crippen LogP contribution in [0.15, 0.2) is 42.5 Å². The molecule has 12 heteroatoms. The maximum absolute atomic E-state index is 13.6. The van der Waals surface area contributed by atoms with E-state index in [1.165, 1.54) is 24.3 Å². The number of aromatic carboxylic acids is 1. The molecule has 0 spiro atoms. The van der Waals surface area contributed by atoms with Crippen molar-refractivity contribution in [2.75, 3.05) is 5.32 Å². The molecule has 2 aromatic carbocycles. The van der Waals surface area contributed by atoms with Crippen LogP contribution in [0, 0.1) is 5.92 Å². The Bertz CT molecular complexity index is 1530. The summed E-state index contributed by atoms with van der Waals surface area (Å²) in [6.45, 7) is 1.24. The summed E-state index contributed by atoms with van der Waals surface area (Å²) in [6, 6.07) is 9.39. The third-order valence-electron chi connectivity index (χ3n) is 7.09. The highest BCUT2D eigenvalue weighted by Gasteiger charge is 2.30. The van der Waals surface area contributed by atoms with E-state index >= 15 is 0 Å². The largest absolute Gasteiger partial charge is 0.475 e. The van der Waals surface area contributed by atoms with Gasteiger partial charge in [-0.15, -0.1) is 0 Å². The van der Waals surface area contributed by atoms with Gasteiger partial charge in [0, 0.05) is 28.7 Å². The smallest absolute Gasteiger partial charge is 0.416 e. The molecule has 1 saturated carbocycles. The van der Waals surface area contributed by atoms with Gasteiger partial charge in [0.05, 0.1) is 5.56 Å². The van der Waals surface area contributed by atoms with E-state index in [-0.39, 0.29) is 34.6 Å². The molecule has 1 atom stereocenters. The number of alkyl halides is 4. The molecule has 5 rings (SSSR count). The Balaban J connectivity index is 1.70. The van der Waals surface area contributed by atoms with Crippen molar-refractivity contribution in [3.05, 3.63) is 70.0 Å². The summed E-state index contributed by atoms with van der Waals surface area (Å²) >= 11 is 6.11. The van der Waals surface area contributed by atoms with Gasteiger partial charge in [0.1, 0.15) is 18.0 Å². The number of carbonyl (C=O) groups is 1. The first-order valence-electron chi connectivity index (χ1n) is 12.3. The third kappa shape index (κ3) is 5.40. The Morgan fingerprint density at radius 3 is 2.46 bits per heavy atom. The number of imidazole rings is 1. The number of fused-ring (bicyclic) bond motifs is 1. The van der Waals surface area contributed by atoms with Crippen LogP contribution < -0.4 is 5.32 Å². The molecule has 204 valence electrons. The van der Waals surface area contributed by atoms with Crippen molar-refractivity contribution >= 4 is 34.6 Å². The average molecular weight is 562 g/mol. The van der Waals surface area contributed by atoms with Gasteiger partial charge >= 0.3 is 12.1 Å². The van der Waals surface area contributed by atoms with Crippen LogP contribution >= 0.6 is 11.6 Å². The zero-order chi connectivity index (χ0) is 27.9. The number of halogens is 5. The van der Waals surface area contributed by atoms with Gasteiger partial charge in [-0.05, 0) is 61.6 Å². The number of rotatable bonds is 8. The number of benzene rings is 2. The fourth-order valence-corrected chi connectivity index (χ4v) is 4.85. The lowest BCUT2D eigenvalue weighted by atomic mass is 9.80. The van der Waals surface area contributed by atoms with E-state index in [0.717, 1.165) is 31.4 Å². The summed E-state index contributed by atoms with van der Waals surface area (Å²) in [7, 11) is 0. The van der Waals surface area contributed by atoms with E-state index in [4.69, 9.17) is 11.6 Å². The lowest BCUT2D eigenvalue weighted by Gasteiger charge is -2.32. The molecule has 2 aromatic heterocycles. The fourth-order valence-electron chi connectivity index (χ4n) is 4.68. The zero-order valence-corrected chi connectivity index (χ0v) is 21.5. The van der Waals surface area contributed by atoms with Gasteiger partial charge in [-0.3, -0.25) is 0 Å². The number of aromatic nitrogens is 4. The Hall–Kier alpha value is -3.73. The summed E-state index contributed by atoms with van der Waals surface area (Å²) in [5.74, 6) is -0.828. The number of hydrogen-bond acceptors (Lipinski definition) is 5. The second-order valence-corrected chi connectivity index (χ2v) is 10.1. The molecule has 1 aliphatic carbocycles. The minimum Gasteiger partial charge on any atom is -0.475 e. The van der Waals surface area contributed by atoms with Gasteiger partial charge in [0.15, 0.2) is 11.5 Å². The van der Waals surface area contributed by atoms with Crippen molar-refractivity contribution < 1.29 is 27.5 Å². The minimum absolute atomic E-state index is 0.0231. The number of hydrogen-bond donors (Lipinski definition) is 2. The highest BCUT2D eigenvalue weighted by Crippen LogP contribution is 2.35. The van der Waals surface area contributed by atoms with E-state index in [1.54, 1.807) is 10.6 Å². The van der Waals surface area contributed by atoms with Crippen molar-refractivity contribution in [3.63, 3.8) is 0 Å². The van der Waals surface area contributed by atoms with Gasteiger partial charge in [-0.2, -0.15) is 13.2 Å². The zero-order valence-electron chi connectivity index (χ0n) is 20.8. The number of nitrogens with one attached hydrogen (secondary N) is 1. The molecule has 0 bridgehead atoms. The predicted molar refractivity (Wildman–Crippen MR) is 139 cm³/mol. The van der Waals surface area contributed by atoms with Crippen LogP contribution in [0.25, 0.3) is 22.6 Å². The summed E-state index contributed by atoms with van der Waals surface area (Å²) < 4.78 is 54.8. The topological polar surface area (TPSA) is 92.9 Å². The molecule has 0 saturated heterocycles. The molecule has 39 heavy (non-hydrogen) atoms. The highest BCUT2D eigenvalue weighted by molar-refractivity contribution is 6.31. The Kier molecular flexibility index (Phi) is 7.19. The Morgan fingerprint density at radius 2 is 1.87 bits per heavy atom. The van der Waals surface area contributed by atoms with Gasteiger partial charge in [-0.1, -0.05) is 30.2 Å². The highest BCUT2D eigenvalue weighted by atomic mass is 35.5. The van der Waals surface area contributed by atoms with Gasteiger partial charge in [0.25, 0.3) is 0 Å². The second kappa shape index (κ2) is 10.4. The van der Waals surface area contributed by atoms with Crippen LogP contribution in [-0.4, -0.2) is 36.6 Å². The SMILES string of the molecule is C[C@@H](Nc1nc(C(=O)O)nc2nc(-c3ccc(Cl)c(CF)c3)n(Cc3ccc(C(F)(F)F)cc3)c12)C1CCC1. The van der Waals surface area contributed by atoms with Gasteiger partial charge < -0.3 is 15.0 Å². The van der Waals surface area contributed by atoms with Crippen molar-refractivity contribution in [1.82, 2.24) is 19.5 Å². The van der Waals surface area contributed by atoms with E-state index in [0.29, 0.717) is 28.4 Å². The van der Waals surface area contributed by atoms with E-state index in [1.807, 2.05) is 6.92 Å². The van der Waals surface area contributed by atoms with Crippen LogP contribution in [0.1, 0.15) is 53.5 Å². The quantitative estimate of drug-likeness (QED) is 0.225. The molecule has 0 aliphatic heterocycles. The predicted octanol–water partition coefficient (Wildman–Crippen LogP) is 6.98. The molecule has 7 nitrogen and oxygen atoms in total. The van der Waals surface area contributed by atoms with Crippen molar-refractivity contribution in [2.24, 2.45) is 5.92 Å². The number of anilines is 1. The summed E-state index contributed by atoms with van der Waals surface area (Å²) in [6.07, 6.45) is -1.31.